The van der Waals surface area contributed by atoms with Gasteiger partial charge < -0.3 is 22.9 Å². The fourth-order valence-electron chi connectivity index (χ4n) is 2.70. The minimum atomic E-state index is -4.59. The van der Waals surface area contributed by atoms with E-state index in [1.165, 1.54) is 24.3 Å². The lowest BCUT2D eigenvalue weighted by atomic mass is 10.1. The maximum Gasteiger partial charge on any atom is 0.418 e. The first-order chi connectivity index (χ1) is 19.2. The molecule has 0 fully saturated rings. The van der Waals surface area contributed by atoms with Crippen molar-refractivity contribution in [3.63, 3.8) is 0 Å². The minimum Gasteiger partial charge on any atom is -0.398 e. The standard InChI is InChI=1S/C7H5BrF3N.C7H8ClN.C7H5F4N.C6H5BrFN/c8-5-3-1-2-4(6(5)12)7(9,10)11;1-5-2-3-7(9)6(8)4-5;8-5-3-1-2-4(6(5)12)7(9,10)11;7-4-1-2-6(9)5(8)3-4/h1-3H,12H2;2-4H,9H2,1H3;1-3H,12H2;1-3H,9H2. The molecule has 0 aromatic heterocycles. The first-order valence-electron chi connectivity index (χ1n) is 11.2. The Morgan fingerprint density at radius 1 is 0.619 bits per heavy atom. The molecular weight excluding hydrogens is 728 g/mol. The number of nitrogen functional groups attached to an aromatic ring is 4. The molecule has 4 rings (SSSR count). The number of rotatable bonds is 0. The number of hydrogen-bond donors (Lipinski definition) is 4. The summed E-state index contributed by atoms with van der Waals surface area (Å²) >= 11 is 11.7. The number of aryl methyl sites for hydroxylation is 1. The fourth-order valence-corrected chi connectivity index (χ4v) is 3.64. The predicted molar refractivity (Wildman–Crippen MR) is 158 cm³/mol. The minimum absolute atomic E-state index is 0.179. The molecule has 0 unspecified atom stereocenters. The van der Waals surface area contributed by atoms with Crippen LogP contribution >= 0.6 is 43.5 Å². The Bertz CT molecular complexity index is 1370. The number of halogens is 11. The first kappa shape index (κ1) is 36.8. The fraction of sp³-hybridized carbons (Fsp3) is 0.111. The summed E-state index contributed by atoms with van der Waals surface area (Å²) in [5.41, 5.74) is 19.6. The van der Waals surface area contributed by atoms with Crippen LogP contribution in [0.3, 0.4) is 0 Å². The van der Waals surface area contributed by atoms with Crippen LogP contribution < -0.4 is 22.9 Å². The second-order valence-electron chi connectivity index (χ2n) is 8.09. The maximum absolute atomic E-state index is 12.5. The van der Waals surface area contributed by atoms with Crippen molar-refractivity contribution >= 4 is 66.2 Å². The number of para-hydroxylation sites is 2. The molecule has 0 aliphatic carbocycles. The molecule has 0 aliphatic rings. The topological polar surface area (TPSA) is 104 Å². The third-order valence-corrected chi connectivity index (χ3v) is 6.35. The molecule has 15 heteroatoms. The second kappa shape index (κ2) is 15.8. The quantitative estimate of drug-likeness (QED) is 0.106. The van der Waals surface area contributed by atoms with Gasteiger partial charge in [-0.25, -0.2) is 8.78 Å². The summed E-state index contributed by atoms with van der Waals surface area (Å²) < 4.78 is 98.2. The Morgan fingerprint density at radius 2 is 1.12 bits per heavy atom. The zero-order valence-electron chi connectivity index (χ0n) is 21.4. The van der Waals surface area contributed by atoms with Gasteiger partial charge in [-0.1, -0.05) is 45.7 Å². The van der Waals surface area contributed by atoms with Gasteiger partial charge in [-0.15, -0.1) is 0 Å². The van der Waals surface area contributed by atoms with Crippen LogP contribution in [0.1, 0.15) is 16.7 Å². The molecule has 0 bridgehead atoms. The van der Waals surface area contributed by atoms with Gasteiger partial charge in [-0.2, -0.15) is 26.3 Å². The van der Waals surface area contributed by atoms with E-state index in [2.05, 4.69) is 31.9 Å². The summed E-state index contributed by atoms with van der Waals surface area (Å²) in [7, 11) is 0. The van der Waals surface area contributed by atoms with Crippen molar-refractivity contribution in [3.8, 4) is 0 Å². The van der Waals surface area contributed by atoms with E-state index in [-0.39, 0.29) is 21.7 Å². The highest BCUT2D eigenvalue weighted by Crippen LogP contribution is 2.36. The van der Waals surface area contributed by atoms with E-state index in [0.717, 1.165) is 29.8 Å². The lowest BCUT2D eigenvalue weighted by Crippen LogP contribution is -2.09. The summed E-state index contributed by atoms with van der Waals surface area (Å²) in [6, 6.07) is 16.4. The molecule has 8 N–H and O–H groups in total. The molecule has 0 heterocycles. The van der Waals surface area contributed by atoms with E-state index in [1.807, 2.05) is 19.1 Å². The Morgan fingerprint density at radius 3 is 1.52 bits per heavy atom. The highest BCUT2D eigenvalue weighted by molar-refractivity contribution is 9.10. The summed E-state index contributed by atoms with van der Waals surface area (Å²) in [5.74, 6) is -1.44. The third kappa shape index (κ3) is 11.9. The zero-order valence-corrected chi connectivity index (χ0v) is 25.3. The van der Waals surface area contributed by atoms with Crippen LogP contribution in [0.5, 0.6) is 0 Å². The SMILES string of the molecule is Cc1ccc(N)c(Cl)c1.Nc1c(Br)cccc1C(F)(F)F.Nc1c(F)cccc1C(F)(F)F.Nc1ccc(Br)cc1F. The first-order valence-corrected chi connectivity index (χ1v) is 13.2. The van der Waals surface area contributed by atoms with Gasteiger partial charge >= 0.3 is 12.4 Å². The molecule has 42 heavy (non-hydrogen) atoms. The van der Waals surface area contributed by atoms with E-state index < -0.39 is 35.0 Å². The zero-order chi connectivity index (χ0) is 32.4. The number of benzene rings is 4. The molecule has 0 atom stereocenters. The van der Waals surface area contributed by atoms with E-state index in [0.29, 0.717) is 15.2 Å². The van der Waals surface area contributed by atoms with Crippen LogP contribution in [0.4, 0.5) is 57.9 Å². The Kier molecular flexibility index (Phi) is 13.9. The average molecular weight is 751 g/mol. The molecule has 0 spiro atoms. The monoisotopic (exact) mass is 748 g/mol. The maximum atomic E-state index is 12.5. The largest absolute Gasteiger partial charge is 0.418 e. The van der Waals surface area contributed by atoms with E-state index in [9.17, 15) is 35.1 Å². The van der Waals surface area contributed by atoms with Gasteiger partial charge in [0.2, 0.25) is 0 Å². The molecule has 0 amide bonds. The van der Waals surface area contributed by atoms with Crippen molar-refractivity contribution in [1.82, 2.24) is 0 Å². The van der Waals surface area contributed by atoms with Crippen molar-refractivity contribution < 1.29 is 35.1 Å². The van der Waals surface area contributed by atoms with Crippen molar-refractivity contribution in [2.75, 3.05) is 22.9 Å². The van der Waals surface area contributed by atoms with Crippen LogP contribution in [0.2, 0.25) is 5.02 Å². The van der Waals surface area contributed by atoms with Gasteiger partial charge in [0.1, 0.15) is 11.6 Å². The lowest BCUT2D eigenvalue weighted by molar-refractivity contribution is -0.137. The molecule has 228 valence electrons. The molecule has 4 nitrogen and oxygen atoms in total. The molecule has 0 aliphatic heterocycles. The number of anilines is 4. The van der Waals surface area contributed by atoms with Crippen LogP contribution in [0, 0.1) is 18.6 Å². The normalized spacial score (nSPS) is 10.8. The summed E-state index contributed by atoms with van der Waals surface area (Å²) in [6.07, 6.45) is -8.97. The number of nitrogens with two attached hydrogens (primary N) is 4. The summed E-state index contributed by atoms with van der Waals surface area (Å²) in [6.45, 7) is 1.98. The molecular formula is C27H23Br2ClF8N4. The van der Waals surface area contributed by atoms with Crippen molar-refractivity contribution in [1.29, 1.82) is 0 Å². The Balaban J connectivity index is 0.000000283. The van der Waals surface area contributed by atoms with E-state index >= 15 is 0 Å². The smallest absolute Gasteiger partial charge is 0.398 e. The number of alkyl halides is 6. The highest BCUT2D eigenvalue weighted by Gasteiger charge is 2.34. The Labute approximate surface area is 257 Å². The van der Waals surface area contributed by atoms with Crippen LogP contribution in [0.15, 0.2) is 81.7 Å². The van der Waals surface area contributed by atoms with Gasteiger partial charge in [0.25, 0.3) is 0 Å². The predicted octanol–water partition coefficient (Wildman–Crippen LogP) is 9.88. The van der Waals surface area contributed by atoms with Gasteiger partial charge in [-0.05, 0) is 83.0 Å². The van der Waals surface area contributed by atoms with Gasteiger partial charge in [-0.3, -0.25) is 0 Å². The second-order valence-corrected chi connectivity index (χ2v) is 10.3. The summed E-state index contributed by atoms with van der Waals surface area (Å²) in [4.78, 5) is 0. The third-order valence-electron chi connectivity index (χ3n) is 4.84. The van der Waals surface area contributed by atoms with Crippen LogP contribution in [-0.4, -0.2) is 0 Å². The summed E-state index contributed by atoms with van der Waals surface area (Å²) in [5, 5.41) is 0.634. The molecule has 0 saturated carbocycles. The van der Waals surface area contributed by atoms with Crippen LogP contribution in [-0.2, 0) is 12.4 Å². The van der Waals surface area contributed by atoms with Crippen molar-refractivity contribution in [3.05, 3.63) is 115 Å². The highest BCUT2D eigenvalue weighted by atomic mass is 79.9. The van der Waals surface area contributed by atoms with Crippen molar-refractivity contribution in [2.24, 2.45) is 0 Å². The molecule has 0 radical (unpaired) electrons. The van der Waals surface area contributed by atoms with Gasteiger partial charge in [0.05, 0.1) is 38.9 Å². The average Bonchev–Trinajstić information content (AvgIpc) is 2.87. The van der Waals surface area contributed by atoms with E-state index in [1.54, 1.807) is 12.1 Å². The van der Waals surface area contributed by atoms with E-state index in [4.69, 9.17) is 34.5 Å². The number of hydrogen-bond acceptors (Lipinski definition) is 4. The van der Waals surface area contributed by atoms with Gasteiger partial charge in [0, 0.05) is 8.95 Å². The Hall–Kier alpha value is -3.23. The molecule has 0 saturated heterocycles. The van der Waals surface area contributed by atoms with Crippen LogP contribution in [0.25, 0.3) is 0 Å². The molecule has 4 aromatic rings. The van der Waals surface area contributed by atoms with Gasteiger partial charge in [0.15, 0.2) is 0 Å². The molecule has 4 aromatic carbocycles. The lowest BCUT2D eigenvalue weighted by Gasteiger charge is -2.09. The van der Waals surface area contributed by atoms with Crippen molar-refractivity contribution in [2.45, 2.75) is 19.3 Å².